The lowest BCUT2D eigenvalue weighted by atomic mass is 9.53. The van der Waals surface area contributed by atoms with Crippen molar-refractivity contribution in [3.8, 4) is 5.75 Å². The molecule has 1 saturated heterocycles. The lowest BCUT2D eigenvalue weighted by molar-refractivity contribution is -0.228. The molecule has 2 heterocycles. The Labute approximate surface area is 147 Å². The summed E-state index contributed by atoms with van der Waals surface area (Å²) in [6, 6.07) is 1.66. The average molecular weight is 350 g/mol. The number of hydrogen-bond donors (Lipinski definition) is 2. The second-order valence-electron chi connectivity index (χ2n) is 8.31. The van der Waals surface area contributed by atoms with Crippen molar-refractivity contribution < 1.29 is 24.5 Å². The van der Waals surface area contributed by atoms with E-state index in [1.165, 1.54) is 13.3 Å². The highest BCUT2D eigenvalue weighted by atomic mass is 16.6. The quantitative estimate of drug-likeness (QED) is 0.865. The average Bonchev–Trinajstić information content (AvgIpc) is 2.46. The molecule has 25 heavy (non-hydrogen) atoms. The molecule has 7 heteroatoms. The summed E-state index contributed by atoms with van der Waals surface area (Å²) in [5.74, 6) is 0.501. The number of aliphatic hydroxyl groups is 2. The van der Waals surface area contributed by atoms with Crippen LogP contribution in [0.1, 0.15) is 45.3 Å². The number of pyridine rings is 1. The fourth-order valence-corrected chi connectivity index (χ4v) is 3.96. The SMILES string of the molecule is COc1ccncc1C(O)C1(O)CC2(CN(C(=O)OC(C)(C)C)C2)C1. The van der Waals surface area contributed by atoms with E-state index in [-0.39, 0.29) is 11.5 Å². The number of carbonyl (C=O) groups excluding carboxylic acids is 1. The van der Waals surface area contributed by atoms with Crippen LogP contribution in [-0.2, 0) is 4.74 Å². The van der Waals surface area contributed by atoms with E-state index in [0.29, 0.717) is 37.2 Å². The van der Waals surface area contributed by atoms with Gasteiger partial charge in [-0.05, 0) is 39.7 Å². The molecule has 1 aromatic heterocycles. The second-order valence-corrected chi connectivity index (χ2v) is 8.31. The summed E-state index contributed by atoms with van der Waals surface area (Å²) in [4.78, 5) is 17.7. The molecular weight excluding hydrogens is 324 g/mol. The molecule has 2 N–H and O–H groups in total. The Kier molecular flexibility index (Phi) is 4.20. The highest BCUT2D eigenvalue weighted by Gasteiger charge is 2.63. The number of ether oxygens (including phenoxy) is 2. The van der Waals surface area contributed by atoms with Gasteiger partial charge in [-0.1, -0.05) is 0 Å². The van der Waals surface area contributed by atoms with Gasteiger partial charge >= 0.3 is 6.09 Å². The molecule has 1 atom stereocenters. The molecule has 1 saturated carbocycles. The first-order chi connectivity index (χ1) is 11.6. The van der Waals surface area contributed by atoms with Crippen molar-refractivity contribution in [1.82, 2.24) is 9.88 Å². The van der Waals surface area contributed by atoms with E-state index in [9.17, 15) is 15.0 Å². The van der Waals surface area contributed by atoms with E-state index in [4.69, 9.17) is 9.47 Å². The normalized spacial score (nSPS) is 21.9. The van der Waals surface area contributed by atoms with Crippen LogP contribution < -0.4 is 4.74 Å². The van der Waals surface area contributed by atoms with Crippen LogP contribution in [0, 0.1) is 5.41 Å². The first-order valence-corrected chi connectivity index (χ1v) is 8.44. The monoisotopic (exact) mass is 350 g/mol. The Morgan fingerprint density at radius 2 is 2.00 bits per heavy atom. The molecule has 1 aliphatic carbocycles. The van der Waals surface area contributed by atoms with E-state index in [1.807, 2.05) is 20.8 Å². The molecule has 0 aromatic carbocycles. The third-order valence-corrected chi connectivity index (χ3v) is 4.90. The van der Waals surface area contributed by atoms with Crippen LogP contribution in [0.15, 0.2) is 18.5 Å². The minimum Gasteiger partial charge on any atom is -0.496 e. The number of carbonyl (C=O) groups is 1. The Hall–Kier alpha value is -1.86. The van der Waals surface area contributed by atoms with Crippen LogP contribution in [0.25, 0.3) is 0 Å². The number of methoxy groups -OCH3 is 1. The van der Waals surface area contributed by atoms with Crippen molar-refractivity contribution in [1.29, 1.82) is 0 Å². The van der Waals surface area contributed by atoms with Crippen LogP contribution in [0.4, 0.5) is 4.79 Å². The van der Waals surface area contributed by atoms with Crippen molar-refractivity contribution in [2.45, 2.75) is 50.9 Å². The summed E-state index contributed by atoms with van der Waals surface area (Å²) in [5.41, 5.74) is -1.41. The molecular formula is C18H26N2O5. The first kappa shape index (κ1) is 17.9. The molecule has 7 nitrogen and oxygen atoms in total. The summed E-state index contributed by atoms with van der Waals surface area (Å²) in [5, 5.41) is 21.4. The Bertz CT molecular complexity index is 656. The molecule has 1 amide bonds. The van der Waals surface area contributed by atoms with Crippen molar-refractivity contribution in [3.05, 3.63) is 24.0 Å². The standard InChI is InChI=1S/C18H26N2O5/c1-16(2,3)25-15(22)20-10-17(11-20)8-18(23,9-17)14(21)12-7-19-6-5-13(12)24-4/h5-7,14,21,23H,8-11H2,1-4H3. The van der Waals surface area contributed by atoms with Gasteiger partial charge in [-0.25, -0.2) is 4.79 Å². The second kappa shape index (κ2) is 5.85. The van der Waals surface area contributed by atoms with E-state index in [0.717, 1.165) is 0 Å². The van der Waals surface area contributed by atoms with Gasteiger partial charge in [-0.3, -0.25) is 4.98 Å². The van der Waals surface area contributed by atoms with Crippen LogP contribution >= 0.6 is 0 Å². The predicted octanol–water partition coefficient (Wildman–Crippen LogP) is 1.89. The van der Waals surface area contributed by atoms with Crippen molar-refractivity contribution in [2.24, 2.45) is 5.41 Å². The molecule has 1 aliphatic heterocycles. The smallest absolute Gasteiger partial charge is 0.410 e. The molecule has 1 aromatic rings. The third-order valence-electron chi connectivity index (χ3n) is 4.90. The van der Waals surface area contributed by atoms with Gasteiger partial charge in [0.05, 0.1) is 12.7 Å². The summed E-state index contributed by atoms with van der Waals surface area (Å²) in [7, 11) is 1.52. The number of aliphatic hydroxyl groups excluding tert-OH is 1. The minimum absolute atomic E-state index is 0.137. The summed E-state index contributed by atoms with van der Waals surface area (Å²) in [6.07, 6.45) is 2.55. The highest BCUT2D eigenvalue weighted by Crippen LogP contribution is 2.58. The van der Waals surface area contributed by atoms with Crippen LogP contribution in [0.5, 0.6) is 5.75 Å². The lowest BCUT2D eigenvalue weighted by Gasteiger charge is -2.63. The molecule has 3 rings (SSSR count). The van der Waals surface area contributed by atoms with Crippen LogP contribution in [0.3, 0.4) is 0 Å². The molecule has 1 spiro atoms. The van der Waals surface area contributed by atoms with Gasteiger partial charge in [0.2, 0.25) is 0 Å². The Morgan fingerprint density at radius 1 is 1.36 bits per heavy atom. The predicted molar refractivity (Wildman–Crippen MR) is 90.2 cm³/mol. The summed E-state index contributed by atoms with van der Waals surface area (Å²) < 4.78 is 10.6. The minimum atomic E-state index is -1.23. The number of nitrogens with zero attached hydrogens (tertiary/aromatic N) is 2. The van der Waals surface area contributed by atoms with Gasteiger partial charge in [0.15, 0.2) is 0 Å². The van der Waals surface area contributed by atoms with Gasteiger partial charge in [-0.2, -0.15) is 0 Å². The maximum absolute atomic E-state index is 12.0. The van der Waals surface area contributed by atoms with Crippen molar-refractivity contribution in [3.63, 3.8) is 0 Å². The first-order valence-electron chi connectivity index (χ1n) is 8.44. The van der Waals surface area contributed by atoms with Crippen molar-refractivity contribution in [2.75, 3.05) is 20.2 Å². The zero-order valence-corrected chi connectivity index (χ0v) is 15.2. The van der Waals surface area contributed by atoms with Crippen molar-refractivity contribution >= 4 is 6.09 Å². The molecule has 1 unspecified atom stereocenters. The van der Waals surface area contributed by atoms with Gasteiger partial charge in [0, 0.05) is 36.5 Å². The van der Waals surface area contributed by atoms with E-state index in [1.54, 1.807) is 17.2 Å². The van der Waals surface area contributed by atoms with Crippen LogP contribution in [-0.4, -0.2) is 57.6 Å². The number of rotatable bonds is 3. The maximum Gasteiger partial charge on any atom is 0.410 e. The maximum atomic E-state index is 12.0. The zero-order chi connectivity index (χ0) is 18.5. The topological polar surface area (TPSA) is 92.1 Å². The van der Waals surface area contributed by atoms with Gasteiger partial charge in [0.25, 0.3) is 0 Å². The summed E-state index contributed by atoms with van der Waals surface area (Å²) >= 11 is 0. The van der Waals surface area contributed by atoms with Gasteiger partial charge < -0.3 is 24.6 Å². The molecule has 0 radical (unpaired) electrons. The Balaban J connectivity index is 1.60. The Morgan fingerprint density at radius 3 is 2.56 bits per heavy atom. The van der Waals surface area contributed by atoms with Crippen LogP contribution in [0.2, 0.25) is 0 Å². The fourth-order valence-electron chi connectivity index (χ4n) is 3.96. The molecule has 2 aliphatic rings. The number of amides is 1. The zero-order valence-electron chi connectivity index (χ0n) is 15.2. The van der Waals surface area contributed by atoms with E-state index in [2.05, 4.69) is 4.98 Å². The van der Waals surface area contributed by atoms with E-state index < -0.39 is 17.3 Å². The third kappa shape index (κ3) is 3.30. The summed E-state index contributed by atoms with van der Waals surface area (Å²) in [6.45, 7) is 6.59. The molecule has 0 bridgehead atoms. The lowest BCUT2D eigenvalue weighted by Crippen LogP contribution is -2.70. The number of hydrogen-bond acceptors (Lipinski definition) is 6. The van der Waals surface area contributed by atoms with Gasteiger partial charge in [-0.15, -0.1) is 0 Å². The van der Waals surface area contributed by atoms with Gasteiger partial charge in [0.1, 0.15) is 17.5 Å². The molecule has 2 fully saturated rings. The largest absolute Gasteiger partial charge is 0.496 e. The number of likely N-dealkylation sites (tertiary alicyclic amines) is 1. The van der Waals surface area contributed by atoms with E-state index >= 15 is 0 Å². The molecule has 138 valence electrons. The highest BCUT2D eigenvalue weighted by molar-refractivity contribution is 5.69. The fraction of sp³-hybridized carbons (Fsp3) is 0.667. The number of aromatic nitrogens is 1.